The Labute approximate surface area is 126 Å². The summed E-state index contributed by atoms with van der Waals surface area (Å²) in [6.07, 6.45) is 0.755. The van der Waals surface area contributed by atoms with Gasteiger partial charge in [-0.1, -0.05) is 22.0 Å². The molecule has 1 unspecified atom stereocenters. The molecule has 0 saturated heterocycles. The SMILES string of the molecule is CC1Cc2ccc(Br)cc2CN1C(=O)NCCC(=O)O. The van der Waals surface area contributed by atoms with Gasteiger partial charge in [0, 0.05) is 23.6 Å². The van der Waals surface area contributed by atoms with Gasteiger partial charge in [0.05, 0.1) is 6.42 Å². The van der Waals surface area contributed by atoms with Crippen LogP contribution in [0.15, 0.2) is 22.7 Å². The van der Waals surface area contributed by atoms with Gasteiger partial charge in [0.15, 0.2) is 0 Å². The summed E-state index contributed by atoms with van der Waals surface area (Å²) in [6, 6.07) is 6.01. The zero-order valence-electron chi connectivity index (χ0n) is 11.2. The molecule has 20 heavy (non-hydrogen) atoms. The van der Waals surface area contributed by atoms with E-state index in [1.54, 1.807) is 4.90 Å². The summed E-state index contributed by atoms with van der Waals surface area (Å²) in [5.74, 6) is -0.911. The Kier molecular flexibility index (Phi) is 4.65. The molecular weight excluding hydrogens is 324 g/mol. The average molecular weight is 341 g/mol. The first-order valence-corrected chi connectivity index (χ1v) is 7.30. The second-order valence-corrected chi connectivity index (χ2v) is 5.89. The van der Waals surface area contributed by atoms with Gasteiger partial charge in [0.25, 0.3) is 0 Å². The van der Waals surface area contributed by atoms with E-state index < -0.39 is 5.97 Å². The molecule has 1 aromatic carbocycles. The first-order valence-electron chi connectivity index (χ1n) is 6.51. The molecule has 2 rings (SSSR count). The summed E-state index contributed by atoms with van der Waals surface area (Å²) in [5.41, 5.74) is 2.39. The van der Waals surface area contributed by atoms with Crippen LogP contribution in [0.25, 0.3) is 0 Å². The second-order valence-electron chi connectivity index (χ2n) is 4.97. The third kappa shape index (κ3) is 3.50. The Balaban J connectivity index is 2.02. The predicted octanol–water partition coefficient (Wildman–Crippen LogP) is 2.38. The lowest BCUT2D eigenvalue weighted by molar-refractivity contribution is -0.136. The fraction of sp³-hybridized carbons (Fsp3) is 0.429. The van der Waals surface area contributed by atoms with Crippen LogP contribution in [0.2, 0.25) is 0 Å². The van der Waals surface area contributed by atoms with E-state index >= 15 is 0 Å². The highest BCUT2D eigenvalue weighted by molar-refractivity contribution is 9.10. The molecule has 2 amide bonds. The molecule has 6 heteroatoms. The number of carboxylic acids is 1. The van der Waals surface area contributed by atoms with Crippen LogP contribution in [0.1, 0.15) is 24.5 Å². The maximum atomic E-state index is 12.1. The van der Waals surface area contributed by atoms with Gasteiger partial charge >= 0.3 is 12.0 Å². The third-order valence-electron chi connectivity index (χ3n) is 3.43. The summed E-state index contributed by atoms with van der Waals surface area (Å²) in [5, 5.41) is 11.2. The Bertz CT molecular complexity index is 533. The van der Waals surface area contributed by atoms with Gasteiger partial charge in [0.2, 0.25) is 0 Å². The molecule has 0 radical (unpaired) electrons. The van der Waals surface area contributed by atoms with Crippen molar-refractivity contribution in [2.75, 3.05) is 6.54 Å². The van der Waals surface area contributed by atoms with E-state index in [-0.39, 0.29) is 25.0 Å². The van der Waals surface area contributed by atoms with E-state index in [9.17, 15) is 9.59 Å². The van der Waals surface area contributed by atoms with E-state index in [2.05, 4.69) is 27.3 Å². The van der Waals surface area contributed by atoms with Gasteiger partial charge in [-0.2, -0.15) is 0 Å². The zero-order chi connectivity index (χ0) is 14.7. The average Bonchev–Trinajstić information content (AvgIpc) is 2.38. The molecule has 5 nitrogen and oxygen atoms in total. The summed E-state index contributed by atoms with van der Waals surface area (Å²) in [4.78, 5) is 24.3. The van der Waals surface area contributed by atoms with Crippen molar-refractivity contribution in [1.29, 1.82) is 0 Å². The number of carbonyl (C=O) groups excluding carboxylic acids is 1. The number of halogens is 1. The van der Waals surface area contributed by atoms with Crippen molar-refractivity contribution < 1.29 is 14.7 Å². The van der Waals surface area contributed by atoms with Gasteiger partial charge in [-0.15, -0.1) is 0 Å². The predicted molar refractivity (Wildman–Crippen MR) is 78.5 cm³/mol. The molecular formula is C14H17BrN2O3. The van der Waals surface area contributed by atoms with Crippen molar-refractivity contribution in [3.63, 3.8) is 0 Å². The smallest absolute Gasteiger partial charge is 0.317 e. The van der Waals surface area contributed by atoms with Crippen LogP contribution in [-0.2, 0) is 17.8 Å². The number of carbonyl (C=O) groups is 2. The van der Waals surface area contributed by atoms with E-state index in [4.69, 9.17) is 5.11 Å². The minimum Gasteiger partial charge on any atom is -0.481 e. The van der Waals surface area contributed by atoms with E-state index in [1.807, 2.05) is 19.1 Å². The molecule has 1 aliphatic heterocycles. The quantitative estimate of drug-likeness (QED) is 0.887. The maximum absolute atomic E-state index is 12.1. The molecule has 1 atom stereocenters. The van der Waals surface area contributed by atoms with Crippen LogP contribution in [0.3, 0.4) is 0 Å². The van der Waals surface area contributed by atoms with Crippen molar-refractivity contribution in [2.24, 2.45) is 0 Å². The molecule has 0 bridgehead atoms. The number of carboxylic acid groups (broad SMARTS) is 1. The molecule has 0 fully saturated rings. The lowest BCUT2D eigenvalue weighted by Crippen LogP contribution is -2.48. The van der Waals surface area contributed by atoms with E-state index in [1.165, 1.54) is 5.56 Å². The highest BCUT2D eigenvalue weighted by Gasteiger charge is 2.26. The third-order valence-corrected chi connectivity index (χ3v) is 3.93. The second kappa shape index (κ2) is 6.26. The van der Waals surface area contributed by atoms with Crippen molar-refractivity contribution in [3.05, 3.63) is 33.8 Å². The minimum atomic E-state index is -0.911. The molecule has 1 aliphatic rings. The number of amides is 2. The number of aliphatic carboxylic acids is 1. The summed E-state index contributed by atoms with van der Waals surface area (Å²) < 4.78 is 0.997. The van der Waals surface area contributed by atoms with Gasteiger partial charge in [-0.05, 0) is 36.6 Å². The highest BCUT2D eigenvalue weighted by atomic mass is 79.9. The topological polar surface area (TPSA) is 69.6 Å². The monoisotopic (exact) mass is 340 g/mol. The van der Waals surface area contributed by atoms with Gasteiger partial charge < -0.3 is 15.3 Å². The largest absolute Gasteiger partial charge is 0.481 e. The number of hydrogen-bond donors (Lipinski definition) is 2. The van der Waals surface area contributed by atoms with Crippen molar-refractivity contribution in [3.8, 4) is 0 Å². The highest BCUT2D eigenvalue weighted by Crippen LogP contribution is 2.26. The molecule has 108 valence electrons. The van der Waals surface area contributed by atoms with Gasteiger partial charge in [-0.3, -0.25) is 4.79 Å². The zero-order valence-corrected chi connectivity index (χ0v) is 12.8. The van der Waals surface area contributed by atoms with Crippen LogP contribution < -0.4 is 5.32 Å². The molecule has 1 heterocycles. The van der Waals surface area contributed by atoms with Crippen LogP contribution in [0, 0.1) is 0 Å². The number of urea groups is 1. The number of nitrogens with one attached hydrogen (secondary N) is 1. The fourth-order valence-electron chi connectivity index (χ4n) is 2.36. The number of fused-ring (bicyclic) bond motifs is 1. The molecule has 1 aromatic rings. The van der Waals surface area contributed by atoms with Crippen molar-refractivity contribution >= 4 is 27.9 Å². The summed E-state index contributed by atoms with van der Waals surface area (Å²) in [7, 11) is 0. The lowest BCUT2D eigenvalue weighted by Gasteiger charge is -2.35. The Morgan fingerprint density at radius 2 is 2.20 bits per heavy atom. The van der Waals surface area contributed by atoms with Crippen LogP contribution in [0.4, 0.5) is 4.79 Å². The van der Waals surface area contributed by atoms with E-state index in [0.717, 1.165) is 16.5 Å². The first kappa shape index (κ1) is 14.8. The molecule has 0 spiro atoms. The molecule has 2 N–H and O–H groups in total. The van der Waals surface area contributed by atoms with Crippen LogP contribution >= 0.6 is 15.9 Å². The Hall–Kier alpha value is -1.56. The standard InChI is InChI=1S/C14H17BrN2O3/c1-9-6-10-2-3-12(15)7-11(10)8-17(9)14(20)16-5-4-13(18)19/h2-3,7,9H,4-6,8H2,1H3,(H,16,20)(H,18,19). The fourth-order valence-corrected chi connectivity index (χ4v) is 2.77. The molecule has 0 saturated carbocycles. The van der Waals surface area contributed by atoms with Gasteiger partial charge in [-0.25, -0.2) is 4.79 Å². The van der Waals surface area contributed by atoms with Gasteiger partial charge in [0.1, 0.15) is 0 Å². The summed E-state index contributed by atoms with van der Waals surface area (Å²) in [6.45, 7) is 2.71. The Morgan fingerprint density at radius 1 is 1.45 bits per heavy atom. The van der Waals surface area contributed by atoms with Crippen molar-refractivity contribution in [1.82, 2.24) is 10.2 Å². The van der Waals surface area contributed by atoms with E-state index in [0.29, 0.717) is 6.54 Å². The van der Waals surface area contributed by atoms with Crippen molar-refractivity contribution in [2.45, 2.75) is 32.4 Å². The minimum absolute atomic E-state index is 0.0594. The normalized spacial score (nSPS) is 17.5. The molecule has 0 aromatic heterocycles. The maximum Gasteiger partial charge on any atom is 0.317 e. The Morgan fingerprint density at radius 3 is 2.90 bits per heavy atom. The number of hydrogen-bond acceptors (Lipinski definition) is 2. The number of benzene rings is 1. The lowest BCUT2D eigenvalue weighted by atomic mass is 9.95. The summed E-state index contributed by atoms with van der Waals surface area (Å²) >= 11 is 3.44. The molecule has 0 aliphatic carbocycles. The van der Waals surface area contributed by atoms with Crippen LogP contribution in [0.5, 0.6) is 0 Å². The van der Waals surface area contributed by atoms with Crippen LogP contribution in [-0.4, -0.2) is 34.6 Å². The first-order chi connectivity index (χ1) is 9.47. The number of rotatable bonds is 3. The number of nitrogens with zero attached hydrogens (tertiary/aromatic N) is 1.